The van der Waals surface area contributed by atoms with E-state index >= 15 is 0 Å². The third-order valence-electron chi connectivity index (χ3n) is 3.38. The fourth-order valence-corrected chi connectivity index (χ4v) is 3.18. The summed E-state index contributed by atoms with van der Waals surface area (Å²) in [6.07, 6.45) is 0.0789. The van der Waals surface area contributed by atoms with Crippen LogP contribution in [-0.4, -0.2) is 30.5 Å². The Balaban J connectivity index is 2.37. The summed E-state index contributed by atoms with van der Waals surface area (Å²) < 4.78 is 5.11. The Bertz CT molecular complexity index is 608. The van der Waals surface area contributed by atoms with Crippen LogP contribution in [0.4, 0.5) is 11.4 Å². The molecule has 0 aliphatic carbocycles. The number of halogens is 1. The highest BCUT2D eigenvalue weighted by molar-refractivity contribution is 9.10. The van der Waals surface area contributed by atoms with Crippen LogP contribution in [0.15, 0.2) is 16.6 Å². The molecule has 1 aliphatic heterocycles. The van der Waals surface area contributed by atoms with Gasteiger partial charge in [-0.15, -0.1) is 0 Å². The molecule has 1 fully saturated rings. The van der Waals surface area contributed by atoms with Crippen molar-refractivity contribution >= 4 is 39.2 Å². The molecule has 112 valence electrons. The summed E-state index contributed by atoms with van der Waals surface area (Å²) >= 11 is 3.26. The van der Waals surface area contributed by atoms with Crippen LogP contribution in [0.1, 0.15) is 12.0 Å². The summed E-state index contributed by atoms with van der Waals surface area (Å²) in [5, 5.41) is 10.8. The molecule has 0 bridgehead atoms. The van der Waals surface area contributed by atoms with Gasteiger partial charge in [0.2, 0.25) is 5.91 Å². The number of benzene rings is 1. The Labute approximate surface area is 129 Å². The topological polar surface area (TPSA) is 89.8 Å². The first kappa shape index (κ1) is 15.4. The van der Waals surface area contributed by atoms with Gasteiger partial charge in [0.15, 0.2) is 0 Å². The van der Waals surface area contributed by atoms with Crippen molar-refractivity contribution in [2.45, 2.75) is 13.3 Å². The standard InChI is InChI=1S/C13H13BrN2O5/c1-7-3-9(16(19)20)5-10(14)12(7)15-6-8(4-11(15)17)13(18)21-2/h3,5,8H,4,6H2,1-2H3. The van der Waals surface area contributed by atoms with Crippen molar-refractivity contribution in [2.75, 3.05) is 18.6 Å². The molecule has 0 spiro atoms. The first-order chi connectivity index (χ1) is 9.85. The number of ether oxygens (including phenoxy) is 1. The largest absolute Gasteiger partial charge is 0.469 e. The molecular formula is C13H13BrN2O5. The Hall–Kier alpha value is -1.96. The summed E-state index contributed by atoms with van der Waals surface area (Å²) in [6, 6.07) is 2.75. The normalized spacial score (nSPS) is 18.0. The number of aryl methyl sites for hydroxylation is 1. The van der Waals surface area contributed by atoms with E-state index in [0.29, 0.717) is 15.7 Å². The number of hydrogen-bond donors (Lipinski definition) is 0. The predicted octanol–water partition coefficient (Wildman–Crippen LogP) is 2.19. The second kappa shape index (κ2) is 5.80. The second-order valence-electron chi connectivity index (χ2n) is 4.78. The molecule has 1 unspecified atom stereocenters. The molecule has 1 amide bonds. The highest BCUT2D eigenvalue weighted by atomic mass is 79.9. The fraction of sp³-hybridized carbons (Fsp3) is 0.385. The van der Waals surface area contributed by atoms with Gasteiger partial charge >= 0.3 is 5.97 Å². The van der Waals surface area contributed by atoms with Gasteiger partial charge < -0.3 is 9.64 Å². The summed E-state index contributed by atoms with van der Waals surface area (Å²) in [6.45, 7) is 1.90. The summed E-state index contributed by atoms with van der Waals surface area (Å²) in [7, 11) is 1.28. The SMILES string of the molecule is COC(=O)C1CC(=O)N(c2c(C)cc([N+](=O)[O-])cc2Br)C1. The van der Waals surface area contributed by atoms with Crippen LogP contribution in [0.2, 0.25) is 0 Å². The lowest BCUT2D eigenvalue weighted by atomic mass is 10.1. The van der Waals surface area contributed by atoms with Gasteiger partial charge in [-0.3, -0.25) is 19.7 Å². The maximum atomic E-state index is 12.1. The lowest BCUT2D eigenvalue weighted by Gasteiger charge is -2.20. The monoisotopic (exact) mass is 356 g/mol. The number of amides is 1. The van der Waals surface area contributed by atoms with E-state index in [-0.39, 0.29) is 24.6 Å². The summed E-state index contributed by atoms with van der Waals surface area (Å²) in [5.41, 5.74) is 1.09. The molecule has 2 rings (SSSR count). The molecule has 7 nitrogen and oxygen atoms in total. The smallest absolute Gasteiger partial charge is 0.311 e. The molecule has 1 aromatic carbocycles. The van der Waals surface area contributed by atoms with E-state index in [1.807, 2.05) is 0 Å². The van der Waals surface area contributed by atoms with E-state index in [1.165, 1.54) is 24.1 Å². The van der Waals surface area contributed by atoms with E-state index in [4.69, 9.17) is 0 Å². The van der Waals surface area contributed by atoms with Gasteiger partial charge in [0.25, 0.3) is 5.69 Å². The van der Waals surface area contributed by atoms with Crippen LogP contribution >= 0.6 is 15.9 Å². The lowest BCUT2D eigenvalue weighted by Crippen LogP contribution is -2.27. The van der Waals surface area contributed by atoms with Crippen molar-refractivity contribution in [1.82, 2.24) is 0 Å². The number of carbonyl (C=O) groups excluding carboxylic acids is 2. The molecule has 0 N–H and O–H groups in total. The van der Waals surface area contributed by atoms with Crippen LogP contribution in [0.25, 0.3) is 0 Å². The Morgan fingerprint density at radius 1 is 1.52 bits per heavy atom. The van der Waals surface area contributed by atoms with E-state index in [1.54, 1.807) is 6.92 Å². The minimum Gasteiger partial charge on any atom is -0.469 e. The molecule has 8 heteroatoms. The Kier molecular flexibility index (Phi) is 4.26. The highest BCUT2D eigenvalue weighted by Gasteiger charge is 2.37. The number of non-ortho nitro benzene ring substituents is 1. The number of anilines is 1. The highest BCUT2D eigenvalue weighted by Crippen LogP contribution is 2.37. The van der Waals surface area contributed by atoms with Crippen LogP contribution in [0.5, 0.6) is 0 Å². The first-order valence-electron chi connectivity index (χ1n) is 6.18. The molecular weight excluding hydrogens is 344 g/mol. The third kappa shape index (κ3) is 2.90. The zero-order valence-corrected chi connectivity index (χ0v) is 13.0. The van der Waals surface area contributed by atoms with Crippen LogP contribution in [-0.2, 0) is 14.3 Å². The number of nitrogens with zero attached hydrogens (tertiary/aromatic N) is 2. The number of hydrogen-bond acceptors (Lipinski definition) is 5. The van der Waals surface area contributed by atoms with E-state index in [0.717, 1.165) is 0 Å². The van der Waals surface area contributed by atoms with Gasteiger partial charge in [0, 0.05) is 29.6 Å². The van der Waals surface area contributed by atoms with Crippen molar-refractivity contribution < 1.29 is 19.2 Å². The minimum atomic E-state index is -0.510. The third-order valence-corrected chi connectivity index (χ3v) is 3.98. The van der Waals surface area contributed by atoms with Gasteiger partial charge in [0.1, 0.15) is 0 Å². The molecule has 1 atom stereocenters. The molecule has 21 heavy (non-hydrogen) atoms. The van der Waals surface area contributed by atoms with E-state index < -0.39 is 16.8 Å². The van der Waals surface area contributed by atoms with Crippen molar-refractivity contribution in [3.8, 4) is 0 Å². The summed E-state index contributed by atoms with van der Waals surface area (Å²) in [5.74, 6) is -1.14. The molecule has 1 aliphatic rings. The zero-order valence-electron chi connectivity index (χ0n) is 11.5. The molecule has 0 saturated carbocycles. The van der Waals surface area contributed by atoms with Gasteiger partial charge in [-0.1, -0.05) is 0 Å². The number of methoxy groups -OCH3 is 1. The van der Waals surface area contributed by atoms with Crippen molar-refractivity contribution in [1.29, 1.82) is 0 Å². The number of nitro groups is 1. The quantitative estimate of drug-likeness (QED) is 0.470. The Morgan fingerprint density at radius 2 is 2.19 bits per heavy atom. The van der Waals surface area contributed by atoms with Crippen molar-refractivity contribution in [2.24, 2.45) is 5.92 Å². The average Bonchev–Trinajstić information content (AvgIpc) is 2.79. The number of carbonyl (C=O) groups is 2. The number of esters is 1. The van der Waals surface area contributed by atoms with Gasteiger partial charge in [-0.25, -0.2) is 0 Å². The maximum absolute atomic E-state index is 12.1. The average molecular weight is 357 g/mol. The first-order valence-corrected chi connectivity index (χ1v) is 6.97. The predicted molar refractivity (Wildman–Crippen MR) is 78.0 cm³/mol. The second-order valence-corrected chi connectivity index (χ2v) is 5.63. The van der Waals surface area contributed by atoms with E-state index in [9.17, 15) is 19.7 Å². The zero-order chi connectivity index (χ0) is 15.7. The number of rotatable bonds is 3. The van der Waals surface area contributed by atoms with Gasteiger partial charge in [0.05, 0.1) is 23.6 Å². The van der Waals surface area contributed by atoms with Gasteiger partial charge in [-0.05, 0) is 28.4 Å². The maximum Gasteiger partial charge on any atom is 0.311 e. The minimum absolute atomic E-state index is 0.0562. The lowest BCUT2D eigenvalue weighted by molar-refractivity contribution is -0.385. The molecule has 0 radical (unpaired) electrons. The number of nitro benzene ring substituents is 1. The van der Waals surface area contributed by atoms with Crippen LogP contribution in [0.3, 0.4) is 0 Å². The fourth-order valence-electron chi connectivity index (χ4n) is 2.41. The van der Waals surface area contributed by atoms with Crippen molar-refractivity contribution in [3.05, 3.63) is 32.3 Å². The summed E-state index contributed by atoms with van der Waals surface area (Å²) in [4.78, 5) is 35.4. The van der Waals surface area contributed by atoms with E-state index in [2.05, 4.69) is 20.7 Å². The van der Waals surface area contributed by atoms with Gasteiger partial charge in [-0.2, -0.15) is 0 Å². The molecule has 1 saturated heterocycles. The van der Waals surface area contributed by atoms with Crippen LogP contribution < -0.4 is 4.90 Å². The Morgan fingerprint density at radius 3 is 2.71 bits per heavy atom. The van der Waals surface area contributed by atoms with Crippen molar-refractivity contribution in [3.63, 3.8) is 0 Å². The molecule has 0 aromatic heterocycles. The molecule has 1 heterocycles. The molecule has 1 aromatic rings. The van der Waals surface area contributed by atoms with Crippen LogP contribution in [0, 0.1) is 23.0 Å².